The van der Waals surface area contributed by atoms with Gasteiger partial charge in [0, 0.05) is 21.8 Å². The highest BCUT2D eigenvalue weighted by atomic mass is 32.1. The van der Waals surface area contributed by atoms with Gasteiger partial charge in [0.1, 0.15) is 5.82 Å². The molecule has 1 aromatic carbocycles. The quantitative estimate of drug-likeness (QED) is 0.540. The van der Waals surface area contributed by atoms with Crippen LogP contribution >= 0.6 is 11.3 Å². The van der Waals surface area contributed by atoms with Crippen molar-refractivity contribution in [3.8, 4) is 10.4 Å². The molecule has 0 saturated heterocycles. The lowest BCUT2D eigenvalue weighted by Gasteiger charge is -1.97. The highest BCUT2D eigenvalue weighted by Crippen LogP contribution is 2.28. The second kappa shape index (κ2) is 6.80. The minimum absolute atomic E-state index is 0.269. The van der Waals surface area contributed by atoms with Crippen molar-refractivity contribution in [3.05, 3.63) is 70.1 Å². The predicted molar refractivity (Wildman–Crippen MR) is 95.0 cm³/mol. The summed E-state index contributed by atoms with van der Waals surface area (Å²) >= 11 is 1.34. The molecule has 4 nitrogen and oxygen atoms in total. The average Bonchev–Trinajstić information content (AvgIpc) is 3.15. The number of rotatable bonds is 4. The molecule has 2 heterocycles. The third-order valence-electron chi connectivity index (χ3n) is 3.52. The molecule has 0 atom stereocenters. The summed E-state index contributed by atoms with van der Waals surface area (Å²) in [5.41, 5.74) is 6.38. The number of carbonyl (C=O) groups excluding carboxylic acids is 1. The average molecular weight is 341 g/mol. The van der Waals surface area contributed by atoms with Crippen molar-refractivity contribution in [2.75, 3.05) is 0 Å². The van der Waals surface area contributed by atoms with E-state index in [2.05, 4.69) is 15.5 Å². The normalized spacial score (nSPS) is 11.1. The predicted octanol–water partition coefficient (Wildman–Crippen LogP) is 4.26. The molecule has 0 bridgehead atoms. The zero-order chi connectivity index (χ0) is 17.1. The summed E-state index contributed by atoms with van der Waals surface area (Å²) in [5, 5.41) is 4.00. The Balaban J connectivity index is 1.67. The summed E-state index contributed by atoms with van der Waals surface area (Å²) in [7, 11) is 0. The molecule has 0 unspecified atom stereocenters. The van der Waals surface area contributed by atoms with E-state index < -0.39 is 0 Å². The number of hydrogen-bond acceptors (Lipinski definition) is 3. The number of carbonyl (C=O) groups is 1. The topological polar surface area (TPSA) is 57.2 Å². The maximum Gasteiger partial charge on any atom is 0.281 e. The van der Waals surface area contributed by atoms with Crippen molar-refractivity contribution in [1.82, 2.24) is 10.4 Å². The molecular weight excluding hydrogens is 325 g/mol. The van der Waals surface area contributed by atoms with Crippen molar-refractivity contribution in [3.63, 3.8) is 0 Å². The molecule has 0 aliphatic heterocycles. The van der Waals surface area contributed by atoms with E-state index in [0.29, 0.717) is 4.88 Å². The van der Waals surface area contributed by atoms with Crippen LogP contribution in [0.1, 0.15) is 26.6 Å². The van der Waals surface area contributed by atoms with E-state index in [-0.39, 0.29) is 11.7 Å². The monoisotopic (exact) mass is 341 g/mol. The van der Waals surface area contributed by atoms with Crippen LogP contribution in [0.2, 0.25) is 0 Å². The number of nitrogens with one attached hydrogen (secondary N) is 2. The summed E-state index contributed by atoms with van der Waals surface area (Å²) in [6.07, 6.45) is 1.62. The fraction of sp³-hybridized carbons (Fsp3) is 0.111. The number of halogens is 1. The van der Waals surface area contributed by atoms with Gasteiger partial charge in [-0.2, -0.15) is 5.10 Å². The molecule has 0 aliphatic rings. The van der Waals surface area contributed by atoms with Crippen LogP contribution in [0.25, 0.3) is 10.4 Å². The minimum Gasteiger partial charge on any atom is -0.362 e. The molecule has 0 radical (unpaired) electrons. The van der Waals surface area contributed by atoms with Crippen molar-refractivity contribution >= 4 is 23.5 Å². The van der Waals surface area contributed by atoms with Crippen LogP contribution < -0.4 is 5.43 Å². The summed E-state index contributed by atoms with van der Waals surface area (Å²) < 4.78 is 13.0. The Hall–Kier alpha value is -2.73. The second-order valence-electron chi connectivity index (χ2n) is 5.40. The van der Waals surface area contributed by atoms with Crippen LogP contribution in [0, 0.1) is 19.7 Å². The van der Waals surface area contributed by atoms with Gasteiger partial charge in [-0.15, -0.1) is 11.3 Å². The molecule has 2 aromatic heterocycles. The van der Waals surface area contributed by atoms with E-state index in [4.69, 9.17) is 0 Å². The van der Waals surface area contributed by atoms with Gasteiger partial charge in [0.25, 0.3) is 5.91 Å². The number of benzene rings is 1. The van der Waals surface area contributed by atoms with E-state index in [9.17, 15) is 9.18 Å². The zero-order valence-corrected chi connectivity index (χ0v) is 14.1. The second-order valence-corrected chi connectivity index (χ2v) is 6.49. The summed E-state index contributed by atoms with van der Waals surface area (Å²) in [6, 6.07) is 11.7. The minimum atomic E-state index is -0.280. The number of amides is 1. The Bertz CT molecular complexity index is 893. The SMILES string of the molecule is Cc1cc(/C=N/NC(=O)c2ccc(-c3ccc(F)cc3)s2)c(C)[nH]1. The Labute approximate surface area is 143 Å². The van der Waals surface area contributed by atoms with Gasteiger partial charge in [-0.1, -0.05) is 12.1 Å². The standard InChI is InChI=1S/C18H16FN3OS/c1-11-9-14(12(2)21-11)10-20-22-18(23)17-8-7-16(24-17)13-3-5-15(19)6-4-13/h3-10,21H,1-2H3,(H,22,23)/b20-10+. The fourth-order valence-corrected chi connectivity index (χ4v) is 3.23. The van der Waals surface area contributed by atoms with Crippen molar-refractivity contribution < 1.29 is 9.18 Å². The molecule has 1 amide bonds. The number of hydrogen-bond donors (Lipinski definition) is 2. The molecule has 0 spiro atoms. The Morgan fingerprint density at radius 2 is 1.96 bits per heavy atom. The highest BCUT2D eigenvalue weighted by Gasteiger charge is 2.09. The largest absolute Gasteiger partial charge is 0.362 e. The number of H-pyrrole nitrogens is 1. The lowest BCUT2D eigenvalue weighted by molar-refractivity contribution is 0.0959. The molecule has 2 N–H and O–H groups in total. The third kappa shape index (κ3) is 3.60. The van der Waals surface area contributed by atoms with Crippen molar-refractivity contribution in [2.45, 2.75) is 13.8 Å². The van der Waals surface area contributed by atoms with Gasteiger partial charge in [-0.25, -0.2) is 9.82 Å². The Morgan fingerprint density at radius 1 is 1.21 bits per heavy atom. The van der Waals surface area contributed by atoms with E-state index in [1.54, 1.807) is 24.4 Å². The van der Waals surface area contributed by atoms with Crippen LogP contribution in [-0.2, 0) is 0 Å². The Kier molecular flexibility index (Phi) is 4.57. The first-order valence-corrected chi connectivity index (χ1v) is 8.20. The maximum absolute atomic E-state index is 13.0. The number of nitrogens with zero attached hydrogens (tertiary/aromatic N) is 1. The van der Waals surface area contributed by atoms with Gasteiger partial charge in [-0.3, -0.25) is 4.79 Å². The molecule has 3 rings (SSSR count). The van der Waals surface area contributed by atoms with Gasteiger partial charge < -0.3 is 4.98 Å². The molecule has 3 aromatic rings. The van der Waals surface area contributed by atoms with Crippen LogP contribution in [0.4, 0.5) is 4.39 Å². The van der Waals surface area contributed by atoms with Gasteiger partial charge in [0.05, 0.1) is 11.1 Å². The molecule has 0 saturated carbocycles. The molecule has 0 fully saturated rings. The van der Waals surface area contributed by atoms with Crippen LogP contribution in [0.3, 0.4) is 0 Å². The van der Waals surface area contributed by atoms with Gasteiger partial charge in [-0.05, 0) is 49.7 Å². The number of aromatic amines is 1. The van der Waals surface area contributed by atoms with E-state index in [0.717, 1.165) is 27.4 Å². The van der Waals surface area contributed by atoms with E-state index in [1.165, 1.54) is 23.5 Å². The first-order valence-electron chi connectivity index (χ1n) is 7.38. The van der Waals surface area contributed by atoms with Gasteiger partial charge >= 0.3 is 0 Å². The van der Waals surface area contributed by atoms with E-state index in [1.807, 2.05) is 26.0 Å². The number of thiophene rings is 1. The van der Waals surface area contributed by atoms with Crippen LogP contribution in [0.5, 0.6) is 0 Å². The highest BCUT2D eigenvalue weighted by molar-refractivity contribution is 7.17. The molecule has 6 heteroatoms. The molecule has 24 heavy (non-hydrogen) atoms. The maximum atomic E-state index is 13.0. The zero-order valence-electron chi connectivity index (χ0n) is 13.3. The fourth-order valence-electron chi connectivity index (χ4n) is 2.32. The number of hydrazone groups is 1. The number of aromatic nitrogens is 1. The smallest absolute Gasteiger partial charge is 0.281 e. The third-order valence-corrected chi connectivity index (χ3v) is 4.65. The van der Waals surface area contributed by atoms with Crippen molar-refractivity contribution in [2.24, 2.45) is 5.10 Å². The van der Waals surface area contributed by atoms with Crippen LogP contribution in [-0.4, -0.2) is 17.1 Å². The molecular formula is C18H16FN3OS. The summed E-state index contributed by atoms with van der Waals surface area (Å²) in [5.74, 6) is -0.549. The molecule has 0 aliphatic carbocycles. The number of aryl methyl sites for hydroxylation is 2. The molecule has 122 valence electrons. The van der Waals surface area contributed by atoms with Gasteiger partial charge in [0.15, 0.2) is 0 Å². The summed E-state index contributed by atoms with van der Waals surface area (Å²) in [6.45, 7) is 3.91. The summed E-state index contributed by atoms with van der Waals surface area (Å²) in [4.78, 5) is 16.8. The first kappa shape index (κ1) is 16.1. The van der Waals surface area contributed by atoms with Crippen molar-refractivity contribution in [1.29, 1.82) is 0 Å². The first-order chi connectivity index (χ1) is 11.5. The van der Waals surface area contributed by atoms with E-state index >= 15 is 0 Å². The van der Waals surface area contributed by atoms with Crippen LogP contribution in [0.15, 0.2) is 47.6 Å². The Morgan fingerprint density at radius 3 is 2.62 bits per heavy atom. The van der Waals surface area contributed by atoms with Gasteiger partial charge in [0.2, 0.25) is 0 Å². The lowest BCUT2D eigenvalue weighted by Crippen LogP contribution is -2.16. The lowest BCUT2D eigenvalue weighted by atomic mass is 10.2.